The molecule has 2 rings (SSSR count). The molecule has 0 bridgehead atoms. The van der Waals surface area contributed by atoms with E-state index in [0.29, 0.717) is 21.5 Å². The van der Waals surface area contributed by atoms with Crippen molar-refractivity contribution in [2.24, 2.45) is 0 Å². The minimum Gasteiger partial charge on any atom is -0.493 e. The smallest absolute Gasteiger partial charge is 0.262 e. The van der Waals surface area contributed by atoms with Gasteiger partial charge in [0.1, 0.15) is 24.1 Å². The van der Waals surface area contributed by atoms with Gasteiger partial charge < -0.3 is 14.8 Å². The van der Waals surface area contributed by atoms with E-state index in [2.05, 4.69) is 21.2 Å². The second kappa shape index (κ2) is 9.90. The van der Waals surface area contributed by atoms with Crippen molar-refractivity contribution in [3.8, 4) is 17.6 Å². The number of carbonyl (C=O) groups is 1. The lowest BCUT2D eigenvalue weighted by molar-refractivity contribution is -0.117. The van der Waals surface area contributed by atoms with Gasteiger partial charge in [-0.05, 0) is 71.2 Å². The molecule has 5 nitrogen and oxygen atoms in total. The van der Waals surface area contributed by atoms with Gasteiger partial charge in [0, 0.05) is 6.04 Å². The average Bonchev–Trinajstić information content (AvgIpc) is 2.65. The predicted octanol–water partition coefficient (Wildman–Crippen LogP) is 4.61. The number of amides is 1. The number of nitrogens with zero attached hydrogens (tertiary/aromatic N) is 1. The number of benzene rings is 2. The molecule has 2 aromatic carbocycles. The third kappa shape index (κ3) is 5.83. The van der Waals surface area contributed by atoms with Gasteiger partial charge in [0.2, 0.25) is 0 Å². The molecule has 0 saturated heterocycles. The van der Waals surface area contributed by atoms with Crippen LogP contribution in [0.2, 0.25) is 0 Å². The van der Waals surface area contributed by atoms with Crippen LogP contribution in [-0.2, 0) is 11.4 Å². The first kappa shape index (κ1) is 21.5. The van der Waals surface area contributed by atoms with Crippen molar-refractivity contribution >= 4 is 27.9 Å². The maximum atomic E-state index is 13.0. The highest BCUT2D eigenvalue weighted by molar-refractivity contribution is 9.10. The number of halogens is 2. The molecule has 0 atom stereocenters. The fourth-order valence-electron chi connectivity index (χ4n) is 2.35. The van der Waals surface area contributed by atoms with E-state index in [0.717, 1.165) is 5.56 Å². The number of ether oxygens (including phenoxy) is 2. The van der Waals surface area contributed by atoms with Gasteiger partial charge in [-0.2, -0.15) is 5.26 Å². The second-order valence-corrected chi connectivity index (χ2v) is 7.10. The van der Waals surface area contributed by atoms with Crippen molar-refractivity contribution in [1.82, 2.24) is 5.32 Å². The van der Waals surface area contributed by atoms with Crippen molar-refractivity contribution in [1.29, 1.82) is 5.26 Å². The number of hydrogen-bond donors (Lipinski definition) is 1. The van der Waals surface area contributed by atoms with E-state index < -0.39 is 5.91 Å². The van der Waals surface area contributed by atoms with Gasteiger partial charge in [-0.3, -0.25) is 4.79 Å². The summed E-state index contributed by atoms with van der Waals surface area (Å²) >= 11 is 3.44. The molecule has 0 aromatic heterocycles. The number of nitrogens with one attached hydrogen (secondary N) is 1. The topological polar surface area (TPSA) is 71.3 Å². The summed E-state index contributed by atoms with van der Waals surface area (Å²) in [4.78, 5) is 12.1. The largest absolute Gasteiger partial charge is 0.493 e. The van der Waals surface area contributed by atoms with E-state index in [-0.39, 0.29) is 24.0 Å². The lowest BCUT2D eigenvalue weighted by Gasteiger charge is -2.14. The molecular formula is C21H20BrFN2O3. The van der Waals surface area contributed by atoms with Crippen molar-refractivity contribution in [2.75, 3.05) is 7.11 Å². The average molecular weight is 447 g/mol. The van der Waals surface area contributed by atoms with Crippen molar-refractivity contribution in [3.05, 3.63) is 63.4 Å². The maximum Gasteiger partial charge on any atom is 0.262 e. The summed E-state index contributed by atoms with van der Waals surface area (Å²) in [6, 6.07) is 11.2. The van der Waals surface area contributed by atoms with Crippen LogP contribution in [0.5, 0.6) is 11.5 Å². The van der Waals surface area contributed by atoms with Crippen LogP contribution in [0.25, 0.3) is 6.08 Å². The fraction of sp³-hybridized carbons (Fsp3) is 0.238. The Morgan fingerprint density at radius 3 is 2.57 bits per heavy atom. The zero-order chi connectivity index (χ0) is 20.7. The standard InChI is InChI=1S/C21H20BrFN2O3/c1-13(2)25-21(26)16(11-24)8-15-9-18(22)20(19(10-15)27-3)28-12-14-4-6-17(23)7-5-14/h4-10,13H,12H2,1-3H3,(H,25,26)/b16-8-. The van der Waals surface area contributed by atoms with Crippen molar-refractivity contribution in [3.63, 3.8) is 0 Å². The first-order chi connectivity index (χ1) is 13.3. The highest BCUT2D eigenvalue weighted by atomic mass is 79.9. The molecule has 0 saturated carbocycles. The normalized spacial score (nSPS) is 11.1. The SMILES string of the molecule is COc1cc(/C=C(/C#N)C(=O)NC(C)C)cc(Br)c1OCc1ccc(F)cc1. The molecule has 0 heterocycles. The number of carbonyl (C=O) groups excluding carboxylic acids is 1. The Kier molecular flexibility index (Phi) is 7.59. The van der Waals surface area contributed by atoms with Gasteiger partial charge in [-0.15, -0.1) is 0 Å². The zero-order valence-corrected chi connectivity index (χ0v) is 17.3. The van der Waals surface area contributed by atoms with Crippen LogP contribution in [0.3, 0.4) is 0 Å². The Bertz CT molecular complexity index is 918. The lowest BCUT2D eigenvalue weighted by atomic mass is 10.1. The van der Waals surface area contributed by atoms with Gasteiger partial charge in [0.05, 0.1) is 11.6 Å². The minimum absolute atomic E-state index is 0.0115. The molecule has 0 fully saturated rings. The summed E-state index contributed by atoms with van der Waals surface area (Å²) in [6.07, 6.45) is 1.48. The summed E-state index contributed by atoms with van der Waals surface area (Å²) in [5.41, 5.74) is 1.40. The van der Waals surface area contributed by atoms with Crippen molar-refractivity contribution in [2.45, 2.75) is 26.5 Å². The van der Waals surface area contributed by atoms with Gasteiger partial charge >= 0.3 is 0 Å². The quantitative estimate of drug-likeness (QED) is 0.497. The van der Waals surface area contributed by atoms with Gasteiger partial charge in [0.15, 0.2) is 11.5 Å². The Morgan fingerprint density at radius 2 is 2.00 bits per heavy atom. The highest BCUT2D eigenvalue weighted by Crippen LogP contribution is 2.37. The van der Waals surface area contributed by atoms with Crippen molar-refractivity contribution < 1.29 is 18.7 Å². The maximum absolute atomic E-state index is 13.0. The Labute approximate surface area is 171 Å². The van der Waals surface area contributed by atoms with E-state index in [9.17, 15) is 14.4 Å². The van der Waals surface area contributed by atoms with E-state index in [4.69, 9.17) is 9.47 Å². The number of hydrogen-bond acceptors (Lipinski definition) is 4. The fourth-order valence-corrected chi connectivity index (χ4v) is 2.93. The summed E-state index contributed by atoms with van der Waals surface area (Å²) in [7, 11) is 1.50. The zero-order valence-electron chi connectivity index (χ0n) is 15.8. The summed E-state index contributed by atoms with van der Waals surface area (Å²) in [6.45, 7) is 3.87. The first-order valence-corrected chi connectivity index (χ1v) is 9.30. The lowest BCUT2D eigenvalue weighted by Crippen LogP contribution is -2.30. The molecule has 146 valence electrons. The molecular weight excluding hydrogens is 427 g/mol. The molecule has 1 N–H and O–H groups in total. The molecule has 0 aliphatic rings. The molecule has 7 heteroatoms. The van der Waals surface area contributed by atoms with Crippen LogP contribution >= 0.6 is 15.9 Å². The van der Waals surface area contributed by atoms with Crippen LogP contribution in [-0.4, -0.2) is 19.1 Å². The predicted molar refractivity (Wildman–Crippen MR) is 108 cm³/mol. The molecule has 28 heavy (non-hydrogen) atoms. The highest BCUT2D eigenvalue weighted by Gasteiger charge is 2.14. The Morgan fingerprint density at radius 1 is 1.32 bits per heavy atom. The molecule has 0 spiro atoms. The summed E-state index contributed by atoms with van der Waals surface area (Å²) in [5.74, 6) is 0.149. The monoisotopic (exact) mass is 446 g/mol. The van der Waals surface area contributed by atoms with E-state index in [1.54, 1.807) is 24.3 Å². The third-order valence-corrected chi connectivity index (χ3v) is 4.23. The molecule has 0 aliphatic heterocycles. The first-order valence-electron chi connectivity index (χ1n) is 8.51. The van der Waals surface area contributed by atoms with Gasteiger partial charge in [0.25, 0.3) is 5.91 Å². The van der Waals surface area contributed by atoms with E-state index in [1.807, 2.05) is 19.9 Å². The Balaban J connectivity index is 2.27. The number of rotatable bonds is 7. The van der Waals surface area contributed by atoms with E-state index in [1.165, 1.54) is 25.3 Å². The Hall–Kier alpha value is -2.85. The van der Waals surface area contributed by atoms with Crippen LogP contribution in [0.4, 0.5) is 4.39 Å². The second-order valence-electron chi connectivity index (χ2n) is 6.25. The van der Waals surface area contributed by atoms with E-state index >= 15 is 0 Å². The van der Waals surface area contributed by atoms with Crippen LogP contribution < -0.4 is 14.8 Å². The van der Waals surface area contributed by atoms with Crippen LogP contribution in [0, 0.1) is 17.1 Å². The minimum atomic E-state index is -0.441. The van der Waals surface area contributed by atoms with Gasteiger partial charge in [-0.1, -0.05) is 12.1 Å². The third-order valence-electron chi connectivity index (χ3n) is 3.64. The number of nitriles is 1. The number of methoxy groups -OCH3 is 1. The molecule has 2 aromatic rings. The molecule has 0 aliphatic carbocycles. The molecule has 0 unspecified atom stereocenters. The molecule has 1 amide bonds. The molecule has 0 radical (unpaired) electrons. The van der Waals surface area contributed by atoms with Gasteiger partial charge in [-0.25, -0.2) is 4.39 Å². The van der Waals surface area contributed by atoms with Crippen LogP contribution in [0.1, 0.15) is 25.0 Å². The summed E-state index contributed by atoms with van der Waals surface area (Å²) < 4.78 is 24.8. The van der Waals surface area contributed by atoms with Crippen LogP contribution in [0.15, 0.2) is 46.4 Å². The summed E-state index contributed by atoms with van der Waals surface area (Å²) in [5, 5.41) is 12.0.